The highest BCUT2D eigenvalue weighted by molar-refractivity contribution is 4.96. The molecule has 13 heavy (non-hydrogen) atoms. The molecule has 0 aromatic heterocycles. The molecule has 1 N–H and O–H groups in total. The highest BCUT2D eigenvalue weighted by atomic mass is 16.3. The van der Waals surface area contributed by atoms with Gasteiger partial charge in [0.1, 0.15) is 0 Å². The number of allylic oxidation sites excluding steroid dienone is 1. The molecule has 1 nitrogen and oxygen atoms in total. The molecule has 0 amide bonds. The van der Waals surface area contributed by atoms with E-state index in [2.05, 4.69) is 6.58 Å². The Kier molecular flexibility index (Phi) is 2.73. The summed E-state index contributed by atoms with van der Waals surface area (Å²) < 4.78 is 0. The molecule has 2 rings (SSSR count). The van der Waals surface area contributed by atoms with Crippen LogP contribution in [0.2, 0.25) is 0 Å². The van der Waals surface area contributed by atoms with Gasteiger partial charge in [-0.1, -0.05) is 6.08 Å². The normalized spacial score (nSPS) is 42.5. The molecule has 2 fully saturated rings. The van der Waals surface area contributed by atoms with Gasteiger partial charge in [-0.2, -0.15) is 0 Å². The zero-order valence-corrected chi connectivity index (χ0v) is 8.28. The Morgan fingerprint density at radius 2 is 2.08 bits per heavy atom. The number of unbranched alkanes of at least 4 members (excludes halogenated alkanes) is 1. The van der Waals surface area contributed by atoms with Crippen LogP contribution < -0.4 is 0 Å². The van der Waals surface area contributed by atoms with Crippen LogP contribution in [0.4, 0.5) is 0 Å². The van der Waals surface area contributed by atoms with Crippen molar-refractivity contribution in [2.24, 2.45) is 17.8 Å². The summed E-state index contributed by atoms with van der Waals surface area (Å²) in [7, 11) is 0. The van der Waals surface area contributed by atoms with E-state index in [4.69, 9.17) is 0 Å². The van der Waals surface area contributed by atoms with Crippen molar-refractivity contribution in [3.63, 3.8) is 0 Å². The maximum Gasteiger partial charge on any atom is 0.0599 e. The second-order valence-electron chi connectivity index (χ2n) is 4.71. The highest BCUT2D eigenvalue weighted by Gasteiger charge is 2.45. The van der Waals surface area contributed by atoms with Gasteiger partial charge in [-0.15, -0.1) is 6.58 Å². The molecule has 4 atom stereocenters. The summed E-state index contributed by atoms with van der Waals surface area (Å²) in [5.74, 6) is 2.13. The molecule has 0 aromatic rings. The molecular weight excluding hydrogens is 160 g/mol. The SMILES string of the molecule is C=CCCCC1C2CCC(C2)C1O. The summed E-state index contributed by atoms with van der Waals surface area (Å²) in [5, 5.41) is 9.95. The van der Waals surface area contributed by atoms with Crippen LogP contribution in [-0.4, -0.2) is 11.2 Å². The van der Waals surface area contributed by atoms with Crippen molar-refractivity contribution >= 4 is 0 Å². The number of rotatable bonds is 4. The molecule has 0 heterocycles. The first-order chi connectivity index (χ1) is 6.33. The minimum atomic E-state index is 0.0311. The summed E-state index contributed by atoms with van der Waals surface area (Å²) in [4.78, 5) is 0. The van der Waals surface area contributed by atoms with Gasteiger partial charge in [0.25, 0.3) is 0 Å². The molecule has 1 heteroatoms. The Balaban J connectivity index is 1.82. The van der Waals surface area contributed by atoms with Crippen LogP contribution in [0.25, 0.3) is 0 Å². The van der Waals surface area contributed by atoms with Crippen molar-refractivity contribution in [3.8, 4) is 0 Å². The van der Waals surface area contributed by atoms with Gasteiger partial charge in [-0.25, -0.2) is 0 Å². The number of fused-ring (bicyclic) bond motifs is 2. The number of aliphatic hydroxyl groups is 1. The molecule has 2 aliphatic carbocycles. The number of aliphatic hydroxyl groups excluding tert-OH is 1. The maximum absolute atomic E-state index is 9.95. The number of hydrogen-bond donors (Lipinski definition) is 1. The smallest absolute Gasteiger partial charge is 0.0599 e. The van der Waals surface area contributed by atoms with E-state index in [0.717, 1.165) is 12.3 Å². The van der Waals surface area contributed by atoms with Crippen molar-refractivity contribution in [2.45, 2.75) is 44.6 Å². The van der Waals surface area contributed by atoms with Gasteiger partial charge in [-0.05, 0) is 56.3 Å². The van der Waals surface area contributed by atoms with Crippen molar-refractivity contribution in [3.05, 3.63) is 12.7 Å². The summed E-state index contributed by atoms with van der Waals surface area (Å²) in [6.07, 6.45) is 9.52. The lowest BCUT2D eigenvalue weighted by Crippen LogP contribution is -2.27. The standard InChI is InChI=1S/C12H20O/c1-2-3-4-5-11-9-6-7-10(8-9)12(11)13/h2,9-13H,1,3-8H2. The van der Waals surface area contributed by atoms with E-state index in [1.807, 2.05) is 6.08 Å². The quantitative estimate of drug-likeness (QED) is 0.521. The van der Waals surface area contributed by atoms with Crippen LogP contribution in [0.5, 0.6) is 0 Å². The summed E-state index contributed by atoms with van der Waals surface area (Å²) in [6, 6.07) is 0. The molecule has 0 aliphatic heterocycles. The lowest BCUT2D eigenvalue weighted by atomic mass is 9.83. The third-order valence-electron chi connectivity index (χ3n) is 3.99. The molecule has 0 spiro atoms. The van der Waals surface area contributed by atoms with Gasteiger partial charge in [0.05, 0.1) is 6.10 Å². The van der Waals surface area contributed by atoms with E-state index in [9.17, 15) is 5.11 Å². The molecule has 2 bridgehead atoms. The minimum absolute atomic E-state index is 0.0311. The van der Waals surface area contributed by atoms with Crippen molar-refractivity contribution in [2.75, 3.05) is 0 Å². The van der Waals surface area contributed by atoms with Crippen molar-refractivity contribution < 1.29 is 5.11 Å². The topological polar surface area (TPSA) is 20.2 Å². The van der Waals surface area contributed by atoms with E-state index in [1.165, 1.54) is 32.1 Å². The largest absolute Gasteiger partial charge is 0.393 e. The van der Waals surface area contributed by atoms with Crippen LogP contribution in [0.15, 0.2) is 12.7 Å². The summed E-state index contributed by atoms with van der Waals surface area (Å²) in [6.45, 7) is 3.73. The van der Waals surface area contributed by atoms with Crippen LogP contribution in [0.3, 0.4) is 0 Å². The lowest BCUT2D eigenvalue weighted by molar-refractivity contribution is 0.0539. The van der Waals surface area contributed by atoms with E-state index in [-0.39, 0.29) is 6.10 Å². The van der Waals surface area contributed by atoms with E-state index in [0.29, 0.717) is 11.8 Å². The monoisotopic (exact) mass is 180 g/mol. The van der Waals surface area contributed by atoms with Crippen LogP contribution in [-0.2, 0) is 0 Å². The Labute approximate surface area is 80.8 Å². The first-order valence-electron chi connectivity index (χ1n) is 5.62. The van der Waals surface area contributed by atoms with Gasteiger partial charge in [-0.3, -0.25) is 0 Å². The highest BCUT2D eigenvalue weighted by Crippen LogP contribution is 2.50. The fourth-order valence-electron chi connectivity index (χ4n) is 3.28. The summed E-state index contributed by atoms with van der Waals surface area (Å²) >= 11 is 0. The molecule has 74 valence electrons. The number of hydrogen-bond acceptors (Lipinski definition) is 1. The maximum atomic E-state index is 9.95. The predicted octanol–water partition coefficient (Wildman–Crippen LogP) is 2.75. The fourth-order valence-corrected chi connectivity index (χ4v) is 3.28. The van der Waals surface area contributed by atoms with Gasteiger partial charge in [0, 0.05) is 0 Å². The van der Waals surface area contributed by atoms with Crippen LogP contribution >= 0.6 is 0 Å². The summed E-state index contributed by atoms with van der Waals surface area (Å²) in [5.41, 5.74) is 0. The Morgan fingerprint density at radius 3 is 2.69 bits per heavy atom. The second-order valence-corrected chi connectivity index (χ2v) is 4.71. The van der Waals surface area contributed by atoms with Gasteiger partial charge in [0.2, 0.25) is 0 Å². The predicted molar refractivity (Wildman–Crippen MR) is 54.4 cm³/mol. The van der Waals surface area contributed by atoms with E-state index < -0.39 is 0 Å². The third kappa shape index (κ3) is 1.67. The molecule has 2 aliphatic rings. The molecular formula is C12H20O. The first-order valence-corrected chi connectivity index (χ1v) is 5.62. The third-order valence-corrected chi connectivity index (χ3v) is 3.99. The molecule has 0 saturated heterocycles. The first kappa shape index (κ1) is 9.26. The Bertz CT molecular complexity index is 186. The van der Waals surface area contributed by atoms with Gasteiger partial charge in [0.15, 0.2) is 0 Å². The van der Waals surface area contributed by atoms with Crippen molar-refractivity contribution in [1.82, 2.24) is 0 Å². The average molecular weight is 180 g/mol. The molecule has 2 saturated carbocycles. The zero-order chi connectivity index (χ0) is 9.26. The van der Waals surface area contributed by atoms with Crippen LogP contribution in [0.1, 0.15) is 38.5 Å². The van der Waals surface area contributed by atoms with E-state index >= 15 is 0 Å². The zero-order valence-electron chi connectivity index (χ0n) is 8.28. The van der Waals surface area contributed by atoms with Gasteiger partial charge >= 0.3 is 0 Å². The van der Waals surface area contributed by atoms with Gasteiger partial charge < -0.3 is 5.11 Å². The van der Waals surface area contributed by atoms with Crippen LogP contribution in [0, 0.1) is 17.8 Å². The minimum Gasteiger partial charge on any atom is -0.393 e. The Morgan fingerprint density at radius 1 is 1.31 bits per heavy atom. The molecule has 4 unspecified atom stereocenters. The fraction of sp³-hybridized carbons (Fsp3) is 0.833. The Hall–Kier alpha value is -0.300. The molecule has 0 radical (unpaired) electrons. The molecule has 0 aromatic carbocycles. The van der Waals surface area contributed by atoms with E-state index in [1.54, 1.807) is 0 Å². The second kappa shape index (κ2) is 3.83. The average Bonchev–Trinajstić information content (AvgIpc) is 2.69. The van der Waals surface area contributed by atoms with Crippen molar-refractivity contribution in [1.29, 1.82) is 0 Å². The lowest BCUT2D eigenvalue weighted by Gasteiger charge is -2.26.